The van der Waals surface area contributed by atoms with Crippen LogP contribution in [0.1, 0.15) is 11.3 Å². The standard InChI is InChI=1S/C18H19NOS/c1-14-17(16-9-5-6-10-18(16)20-14)13-19-11-12-21-15-7-3-2-4-8-15/h2-10,19H,11-13H2,1H3. The molecule has 0 spiro atoms. The van der Waals surface area contributed by atoms with Crippen LogP contribution in [0.3, 0.4) is 0 Å². The summed E-state index contributed by atoms with van der Waals surface area (Å²) >= 11 is 1.88. The Hall–Kier alpha value is -1.71. The van der Waals surface area contributed by atoms with Crippen molar-refractivity contribution in [2.45, 2.75) is 18.4 Å². The van der Waals surface area contributed by atoms with Crippen molar-refractivity contribution in [1.29, 1.82) is 0 Å². The number of nitrogens with one attached hydrogen (secondary N) is 1. The predicted molar refractivity (Wildman–Crippen MR) is 89.8 cm³/mol. The van der Waals surface area contributed by atoms with Crippen LogP contribution in [0.4, 0.5) is 0 Å². The van der Waals surface area contributed by atoms with Crippen LogP contribution >= 0.6 is 11.8 Å². The Kier molecular flexibility index (Phi) is 4.63. The van der Waals surface area contributed by atoms with E-state index in [1.807, 2.05) is 30.8 Å². The van der Waals surface area contributed by atoms with Crippen LogP contribution in [0.25, 0.3) is 11.0 Å². The molecule has 21 heavy (non-hydrogen) atoms. The molecular weight excluding hydrogens is 278 g/mol. The van der Waals surface area contributed by atoms with Crippen LogP contribution in [-0.4, -0.2) is 12.3 Å². The number of hydrogen-bond acceptors (Lipinski definition) is 3. The number of hydrogen-bond donors (Lipinski definition) is 1. The zero-order valence-corrected chi connectivity index (χ0v) is 13.0. The average molecular weight is 297 g/mol. The predicted octanol–water partition coefficient (Wildman–Crippen LogP) is 4.62. The van der Waals surface area contributed by atoms with E-state index in [1.54, 1.807) is 0 Å². The minimum Gasteiger partial charge on any atom is -0.461 e. The summed E-state index contributed by atoms with van der Waals surface area (Å²) in [6.45, 7) is 3.88. The molecule has 3 rings (SSSR count). The molecule has 0 aliphatic rings. The summed E-state index contributed by atoms with van der Waals surface area (Å²) in [7, 11) is 0. The molecule has 1 N–H and O–H groups in total. The lowest BCUT2D eigenvalue weighted by molar-refractivity contribution is 0.567. The van der Waals surface area contributed by atoms with E-state index in [4.69, 9.17) is 4.42 Å². The fraction of sp³-hybridized carbons (Fsp3) is 0.222. The van der Waals surface area contributed by atoms with Crippen molar-refractivity contribution < 1.29 is 4.42 Å². The lowest BCUT2D eigenvalue weighted by atomic mass is 10.1. The molecule has 108 valence electrons. The quantitative estimate of drug-likeness (QED) is 0.531. The monoisotopic (exact) mass is 297 g/mol. The molecule has 0 atom stereocenters. The van der Waals surface area contributed by atoms with Gasteiger partial charge in [-0.1, -0.05) is 36.4 Å². The second-order valence-electron chi connectivity index (χ2n) is 4.97. The largest absolute Gasteiger partial charge is 0.461 e. The van der Waals surface area contributed by atoms with Crippen molar-refractivity contribution in [1.82, 2.24) is 5.32 Å². The first-order valence-corrected chi connectivity index (χ1v) is 8.19. The zero-order valence-electron chi connectivity index (χ0n) is 12.1. The number of rotatable bonds is 6. The molecule has 3 aromatic rings. The maximum absolute atomic E-state index is 5.78. The van der Waals surface area contributed by atoms with E-state index in [0.717, 1.165) is 30.2 Å². The smallest absolute Gasteiger partial charge is 0.134 e. The number of thioether (sulfide) groups is 1. The van der Waals surface area contributed by atoms with Gasteiger partial charge < -0.3 is 9.73 Å². The summed E-state index contributed by atoms with van der Waals surface area (Å²) in [5.41, 5.74) is 2.25. The topological polar surface area (TPSA) is 25.2 Å². The van der Waals surface area contributed by atoms with E-state index >= 15 is 0 Å². The Morgan fingerprint density at radius 2 is 1.76 bits per heavy atom. The summed E-state index contributed by atoms with van der Waals surface area (Å²) in [4.78, 5) is 1.32. The van der Waals surface area contributed by atoms with E-state index in [9.17, 15) is 0 Å². The van der Waals surface area contributed by atoms with Gasteiger partial charge in [0.1, 0.15) is 11.3 Å². The molecule has 1 heterocycles. The molecule has 3 heteroatoms. The van der Waals surface area contributed by atoms with E-state index in [1.165, 1.54) is 15.8 Å². The maximum Gasteiger partial charge on any atom is 0.134 e. The highest BCUT2D eigenvalue weighted by Gasteiger charge is 2.09. The normalized spacial score (nSPS) is 11.1. The second kappa shape index (κ2) is 6.83. The molecule has 0 aliphatic carbocycles. The Morgan fingerprint density at radius 3 is 2.62 bits per heavy atom. The molecule has 0 unspecified atom stereocenters. The van der Waals surface area contributed by atoms with Gasteiger partial charge in [0.05, 0.1) is 0 Å². The zero-order chi connectivity index (χ0) is 14.5. The Balaban J connectivity index is 1.52. The Morgan fingerprint density at radius 1 is 1.00 bits per heavy atom. The summed E-state index contributed by atoms with van der Waals surface area (Å²) in [5, 5.41) is 4.73. The van der Waals surface area contributed by atoms with Gasteiger partial charge in [0, 0.05) is 34.7 Å². The van der Waals surface area contributed by atoms with Crippen LogP contribution in [0.5, 0.6) is 0 Å². The first-order chi connectivity index (χ1) is 10.3. The van der Waals surface area contributed by atoms with E-state index in [2.05, 4.69) is 47.8 Å². The molecule has 0 radical (unpaired) electrons. The highest BCUT2D eigenvalue weighted by atomic mass is 32.2. The van der Waals surface area contributed by atoms with E-state index < -0.39 is 0 Å². The molecule has 1 aromatic heterocycles. The molecule has 0 aliphatic heterocycles. The van der Waals surface area contributed by atoms with Gasteiger partial charge in [-0.2, -0.15) is 0 Å². The number of benzene rings is 2. The third kappa shape index (κ3) is 3.49. The molecule has 0 saturated heterocycles. The summed E-state index contributed by atoms with van der Waals surface area (Å²) in [5.74, 6) is 2.08. The van der Waals surface area contributed by atoms with Gasteiger partial charge in [-0.25, -0.2) is 0 Å². The van der Waals surface area contributed by atoms with Crippen molar-refractivity contribution in [2.24, 2.45) is 0 Å². The lowest BCUT2D eigenvalue weighted by Crippen LogP contribution is -2.16. The summed E-state index contributed by atoms with van der Waals surface area (Å²) in [6.07, 6.45) is 0. The number of aryl methyl sites for hydroxylation is 1. The maximum atomic E-state index is 5.78. The van der Waals surface area contributed by atoms with Crippen LogP contribution in [0.15, 0.2) is 63.9 Å². The van der Waals surface area contributed by atoms with Crippen molar-refractivity contribution >= 4 is 22.7 Å². The second-order valence-corrected chi connectivity index (χ2v) is 6.14. The molecular formula is C18H19NOS. The van der Waals surface area contributed by atoms with E-state index in [-0.39, 0.29) is 0 Å². The van der Waals surface area contributed by atoms with Gasteiger partial charge in [-0.15, -0.1) is 11.8 Å². The summed E-state index contributed by atoms with van der Waals surface area (Å²) in [6, 6.07) is 18.7. The fourth-order valence-electron chi connectivity index (χ4n) is 2.41. The highest BCUT2D eigenvalue weighted by molar-refractivity contribution is 7.99. The van der Waals surface area contributed by atoms with Gasteiger partial charge in [0.15, 0.2) is 0 Å². The minimum atomic E-state index is 0.859. The van der Waals surface area contributed by atoms with Gasteiger partial charge in [0.25, 0.3) is 0 Å². The third-order valence-electron chi connectivity index (χ3n) is 3.49. The third-order valence-corrected chi connectivity index (χ3v) is 4.51. The molecule has 2 nitrogen and oxygen atoms in total. The van der Waals surface area contributed by atoms with Crippen molar-refractivity contribution in [2.75, 3.05) is 12.3 Å². The van der Waals surface area contributed by atoms with Crippen molar-refractivity contribution in [3.63, 3.8) is 0 Å². The van der Waals surface area contributed by atoms with Crippen molar-refractivity contribution in [3.05, 3.63) is 65.9 Å². The molecule has 0 bridgehead atoms. The van der Waals surface area contributed by atoms with Crippen molar-refractivity contribution in [3.8, 4) is 0 Å². The molecule has 0 amide bonds. The SMILES string of the molecule is Cc1oc2ccccc2c1CNCCSc1ccccc1. The number of furan rings is 1. The first kappa shape index (κ1) is 14.2. The van der Waals surface area contributed by atoms with Gasteiger partial charge in [-0.05, 0) is 25.1 Å². The fourth-order valence-corrected chi connectivity index (χ4v) is 3.24. The van der Waals surface area contributed by atoms with E-state index in [0.29, 0.717) is 0 Å². The molecule has 0 fully saturated rings. The molecule has 0 saturated carbocycles. The van der Waals surface area contributed by atoms with Gasteiger partial charge >= 0.3 is 0 Å². The van der Waals surface area contributed by atoms with Gasteiger partial charge in [0.2, 0.25) is 0 Å². The molecule has 2 aromatic carbocycles. The lowest BCUT2D eigenvalue weighted by Gasteiger charge is -2.05. The Bertz CT molecular complexity index is 706. The summed E-state index contributed by atoms with van der Waals surface area (Å²) < 4.78 is 5.78. The van der Waals surface area contributed by atoms with Gasteiger partial charge in [-0.3, -0.25) is 0 Å². The van der Waals surface area contributed by atoms with Crippen LogP contribution < -0.4 is 5.32 Å². The van der Waals surface area contributed by atoms with Crippen LogP contribution in [-0.2, 0) is 6.54 Å². The Labute approximate surface area is 129 Å². The minimum absolute atomic E-state index is 0.859. The highest BCUT2D eigenvalue weighted by Crippen LogP contribution is 2.25. The van der Waals surface area contributed by atoms with Crippen LogP contribution in [0, 0.1) is 6.92 Å². The number of para-hydroxylation sites is 1. The van der Waals surface area contributed by atoms with Crippen LogP contribution in [0.2, 0.25) is 0 Å². The first-order valence-electron chi connectivity index (χ1n) is 7.20. The average Bonchev–Trinajstić information content (AvgIpc) is 2.84. The number of fused-ring (bicyclic) bond motifs is 1.